The fraction of sp³-hybridized carbons (Fsp3) is 0.538. The summed E-state index contributed by atoms with van der Waals surface area (Å²) >= 11 is 6.27. The van der Waals surface area contributed by atoms with Crippen molar-refractivity contribution in [2.75, 3.05) is 51.9 Å². The Morgan fingerprint density at radius 1 is 1.39 bits per heavy atom. The Morgan fingerprint density at radius 2 is 2.11 bits per heavy atom. The van der Waals surface area contributed by atoms with E-state index in [9.17, 15) is 0 Å². The first-order valence-electron chi connectivity index (χ1n) is 6.18. The second-order valence-electron chi connectivity index (χ2n) is 4.52. The summed E-state index contributed by atoms with van der Waals surface area (Å²) in [7, 11) is 3.71. The molecule has 0 radical (unpaired) electrons. The molecule has 0 aliphatic carbocycles. The van der Waals surface area contributed by atoms with E-state index in [4.69, 9.17) is 16.3 Å². The molecule has 0 aromatic heterocycles. The van der Waals surface area contributed by atoms with E-state index in [-0.39, 0.29) is 0 Å². The summed E-state index contributed by atoms with van der Waals surface area (Å²) in [6.45, 7) is 5.18. The van der Waals surface area contributed by atoms with Crippen LogP contribution in [0.3, 0.4) is 0 Å². The number of hydrogen-bond donors (Lipinski definition) is 1. The van der Waals surface area contributed by atoms with Crippen LogP contribution in [0.25, 0.3) is 0 Å². The van der Waals surface area contributed by atoms with Crippen molar-refractivity contribution in [2.45, 2.75) is 0 Å². The van der Waals surface area contributed by atoms with Gasteiger partial charge in [-0.05, 0) is 12.1 Å². The Morgan fingerprint density at radius 3 is 2.72 bits per heavy atom. The Labute approximate surface area is 113 Å². The highest BCUT2D eigenvalue weighted by molar-refractivity contribution is 6.33. The lowest BCUT2D eigenvalue weighted by atomic mass is 10.3. The van der Waals surface area contributed by atoms with Crippen LogP contribution in [-0.4, -0.2) is 51.9 Å². The van der Waals surface area contributed by atoms with Gasteiger partial charge in [-0.1, -0.05) is 11.6 Å². The molecule has 1 aliphatic rings. The lowest BCUT2D eigenvalue weighted by Gasteiger charge is -2.32. The van der Waals surface area contributed by atoms with E-state index < -0.39 is 0 Å². The number of nitrogens with zero attached hydrogens (tertiary/aromatic N) is 2. The van der Waals surface area contributed by atoms with E-state index in [0.29, 0.717) is 0 Å². The van der Waals surface area contributed by atoms with Crippen LogP contribution in [0.4, 0.5) is 5.69 Å². The van der Waals surface area contributed by atoms with Crippen LogP contribution in [0.5, 0.6) is 5.75 Å². The molecule has 4 nitrogen and oxygen atoms in total. The highest BCUT2D eigenvalue weighted by Crippen LogP contribution is 2.29. The van der Waals surface area contributed by atoms with Gasteiger partial charge in [0.1, 0.15) is 5.75 Å². The van der Waals surface area contributed by atoms with E-state index in [0.717, 1.165) is 49.3 Å². The van der Waals surface area contributed by atoms with Crippen molar-refractivity contribution in [3.05, 3.63) is 23.2 Å². The maximum atomic E-state index is 6.27. The van der Waals surface area contributed by atoms with Crippen molar-refractivity contribution in [1.29, 1.82) is 0 Å². The molecule has 1 saturated heterocycles. The van der Waals surface area contributed by atoms with Crippen molar-refractivity contribution < 1.29 is 4.74 Å². The number of rotatable bonds is 4. The van der Waals surface area contributed by atoms with Gasteiger partial charge in [-0.2, -0.15) is 0 Å². The minimum Gasteiger partial charge on any atom is -0.497 e. The molecule has 1 fully saturated rings. The molecule has 18 heavy (non-hydrogen) atoms. The summed E-state index contributed by atoms with van der Waals surface area (Å²) in [6, 6.07) is 5.80. The summed E-state index contributed by atoms with van der Waals surface area (Å²) < 4.78 is 5.16. The Balaban J connectivity index is 2.01. The number of benzene rings is 1. The second kappa shape index (κ2) is 6.27. The van der Waals surface area contributed by atoms with Gasteiger partial charge in [0.25, 0.3) is 0 Å². The predicted octanol–water partition coefficient (Wildman–Crippen LogP) is 1.65. The van der Waals surface area contributed by atoms with Gasteiger partial charge >= 0.3 is 0 Å². The second-order valence-corrected chi connectivity index (χ2v) is 4.93. The van der Waals surface area contributed by atoms with Gasteiger partial charge in [-0.15, -0.1) is 0 Å². The Hall–Kier alpha value is -0.970. The van der Waals surface area contributed by atoms with Crippen molar-refractivity contribution in [3.63, 3.8) is 0 Å². The smallest absolute Gasteiger partial charge is 0.120 e. The van der Waals surface area contributed by atoms with Crippen LogP contribution < -0.4 is 15.0 Å². The average Bonchev–Trinajstić information content (AvgIpc) is 2.39. The number of methoxy groups -OCH3 is 1. The van der Waals surface area contributed by atoms with Gasteiger partial charge in [-0.25, -0.2) is 0 Å². The fourth-order valence-electron chi connectivity index (χ4n) is 2.15. The van der Waals surface area contributed by atoms with Crippen LogP contribution in [0, 0.1) is 0 Å². The van der Waals surface area contributed by atoms with Gasteiger partial charge in [0.2, 0.25) is 0 Å². The molecule has 0 atom stereocenters. The molecule has 0 saturated carbocycles. The van der Waals surface area contributed by atoms with E-state index in [1.165, 1.54) is 0 Å². The first kappa shape index (κ1) is 13.5. The summed E-state index contributed by atoms with van der Waals surface area (Å²) in [4.78, 5) is 4.59. The maximum Gasteiger partial charge on any atom is 0.120 e. The van der Waals surface area contributed by atoms with Crippen LogP contribution >= 0.6 is 11.6 Å². The predicted molar refractivity (Wildman–Crippen MR) is 75.7 cm³/mol. The van der Waals surface area contributed by atoms with E-state index in [2.05, 4.69) is 22.2 Å². The van der Waals surface area contributed by atoms with Crippen LogP contribution in [0.2, 0.25) is 5.02 Å². The van der Waals surface area contributed by atoms with Gasteiger partial charge in [-0.3, -0.25) is 4.90 Å². The Kier molecular flexibility index (Phi) is 4.69. The standard InChI is InChI=1S/C13H20ClN3O/c1-16(10-17-7-5-15-6-8-17)13-4-3-11(18-2)9-12(13)14/h3-4,9,15H,5-8,10H2,1-2H3. The zero-order valence-electron chi connectivity index (χ0n) is 10.9. The molecule has 0 unspecified atom stereocenters. The highest BCUT2D eigenvalue weighted by atomic mass is 35.5. The lowest BCUT2D eigenvalue weighted by Crippen LogP contribution is -2.47. The van der Waals surface area contributed by atoms with E-state index in [1.54, 1.807) is 7.11 Å². The largest absolute Gasteiger partial charge is 0.497 e. The minimum atomic E-state index is 0.729. The van der Waals surface area contributed by atoms with Gasteiger partial charge in [0, 0.05) is 39.3 Å². The number of nitrogens with one attached hydrogen (secondary N) is 1. The van der Waals surface area contributed by atoms with Crippen LogP contribution in [-0.2, 0) is 0 Å². The molecule has 5 heteroatoms. The van der Waals surface area contributed by atoms with Gasteiger partial charge in [0.05, 0.1) is 24.5 Å². The number of ether oxygens (including phenoxy) is 1. The fourth-order valence-corrected chi connectivity index (χ4v) is 2.47. The van der Waals surface area contributed by atoms with Crippen LogP contribution in [0.1, 0.15) is 0 Å². The van der Waals surface area contributed by atoms with Crippen molar-refractivity contribution in [2.24, 2.45) is 0 Å². The molecule has 2 rings (SSSR count). The number of piperazine rings is 1. The monoisotopic (exact) mass is 269 g/mol. The van der Waals surface area contributed by atoms with E-state index >= 15 is 0 Å². The molecule has 1 aromatic rings. The normalized spacial score (nSPS) is 16.6. The zero-order valence-corrected chi connectivity index (χ0v) is 11.7. The van der Waals surface area contributed by atoms with Crippen LogP contribution in [0.15, 0.2) is 18.2 Å². The molecule has 0 bridgehead atoms. The number of hydrogen-bond acceptors (Lipinski definition) is 4. The van der Waals surface area contributed by atoms with Gasteiger partial charge < -0.3 is 15.0 Å². The van der Waals surface area contributed by atoms with Crippen molar-refractivity contribution in [1.82, 2.24) is 10.2 Å². The molecule has 1 N–H and O–H groups in total. The van der Waals surface area contributed by atoms with Crippen molar-refractivity contribution in [3.8, 4) is 5.75 Å². The van der Waals surface area contributed by atoms with E-state index in [1.807, 2.05) is 18.2 Å². The summed E-state index contributed by atoms with van der Waals surface area (Å²) in [5.74, 6) is 0.791. The zero-order chi connectivity index (χ0) is 13.0. The third kappa shape index (κ3) is 3.28. The topological polar surface area (TPSA) is 27.7 Å². The quantitative estimate of drug-likeness (QED) is 0.900. The maximum absolute atomic E-state index is 6.27. The molecule has 1 aliphatic heterocycles. The molecular formula is C13H20ClN3O. The van der Waals surface area contributed by atoms with Gasteiger partial charge in [0.15, 0.2) is 0 Å². The SMILES string of the molecule is COc1ccc(N(C)CN2CCNCC2)c(Cl)c1. The third-order valence-electron chi connectivity index (χ3n) is 3.19. The molecule has 0 spiro atoms. The molecule has 1 heterocycles. The number of anilines is 1. The third-order valence-corrected chi connectivity index (χ3v) is 3.49. The Bertz CT molecular complexity index is 394. The highest BCUT2D eigenvalue weighted by Gasteiger charge is 2.13. The molecular weight excluding hydrogens is 250 g/mol. The summed E-state index contributed by atoms with van der Waals surface area (Å²) in [5, 5.41) is 4.08. The first-order valence-corrected chi connectivity index (χ1v) is 6.56. The number of halogens is 1. The van der Waals surface area contributed by atoms with Crippen molar-refractivity contribution >= 4 is 17.3 Å². The first-order chi connectivity index (χ1) is 8.70. The summed E-state index contributed by atoms with van der Waals surface area (Å²) in [6.07, 6.45) is 0. The minimum absolute atomic E-state index is 0.729. The lowest BCUT2D eigenvalue weighted by molar-refractivity contribution is 0.243. The molecule has 100 valence electrons. The average molecular weight is 270 g/mol. The molecule has 0 amide bonds. The summed E-state index contributed by atoms with van der Waals surface area (Å²) in [5.41, 5.74) is 1.04. The molecule has 1 aromatic carbocycles.